The number of likely N-dealkylation sites (tertiary alicyclic amines) is 2. The molecule has 1 atom stereocenters. The van der Waals surface area contributed by atoms with Crippen LogP contribution in [0.4, 0.5) is 5.95 Å². The Hall–Kier alpha value is -5.55. The third-order valence-corrected chi connectivity index (χ3v) is 15.0. The number of piperidine rings is 4. The van der Waals surface area contributed by atoms with Gasteiger partial charge in [-0.1, -0.05) is 49.7 Å². The summed E-state index contributed by atoms with van der Waals surface area (Å²) in [5, 5.41) is 12.4. The molecule has 0 saturated carbocycles. The number of aryl methyl sites for hydroxylation is 1. The fourth-order valence-corrected chi connectivity index (χ4v) is 10.9. The lowest BCUT2D eigenvalue weighted by Crippen LogP contribution is -2.48. The van der Waals surface area contributed by atoms with Crippen molar-refractivity contribution in [1.82, 2.24) is 34.2 Å². The number of carbonyl (C=O) groups is 2. The number of nitriles is 1. The summed E-state index contributed by atoms with van der Waals surface area (Å²) in [6, 6.07) is 23.0. The molecule has 334 valence electrons. The highest BCUT2D eigenvalue weighted by molar-refractivity contribution is 6.30. The zero-order valence-electron chi connectivity index (χ0n) is 37.2. The predicted molar refractivity (Wildman–Crippen MR) is 247 cm³/mol. The molecule has 4 saturated heterocycles. The number of fused-ring (bicyclic) bond motifs is 1. The number of ether oxygens (including phenoxy) is 1. The monoisotopic (exact) mass is 883 g/mol. The largest absolute Gasteiger partial charge is 0.487 e. The molecule has 6 heterocycles. The smallest absolute Gasteiger partial charge is 0.329 e. The van der Waals surface area contributed by atoms with Crippen molar-refractivity contribution in [1.29, 1.82) is 5.26 Å². The molecule has 9 rings (SSSR count). The van der Waals surface area contributed by atoms with Crippen molar-refractivity contribution in [2.24, 2.45) is 18.4 Å². The summed E-state index contributed by atoms with van der Waals surface area (Å²) in [5.41, 5.74) is 6.02. The highest BCUT2D eigenvalue weighted by Gasteiger charge is 2.39. The number of aromatic nitrogens is 4. The van der Waals surface area contributed by atoms with Crippen LogP contribution in [0.15, 0.2) is 77.7 Å². The van der Waals surface area contributed by atoms with Gasteiger partial charge in [0, 0.05) is 56.3 Å². The van der Waals surface area contributed by atoms with E-state index in [4.69, 9.17) is 21.3 Å². The lowest BCUT2D eigenvalue weighted by molar-refractivity contribution is -0.135. The number of nitrogens with zero attached hydrogens (tertiary/aromatic N) is 8. The van der Waals surface area contributed by atoms with Crippen molar-refractivity contribution >= 4 is 40.4 Å². The average Bonchev–Trinajstić information content (AvgIpc) is 3.56. The van der Waals surface area contributed by atoms with E-state index in [9.17, 15) is 19.6 Å². The van der Waals surface area contributed by atoms with Crippen LogP contribution >= 0.6 is 11.6 Å². The average molecular weight is 885 g/mol. The number of imide groups is 1. The lowest BCUT2D eigenvalue weighted by Gasteiger charge is -2.47. The number of carbonyl (C=O) groups excluding carboxylic acids is 2. The molecule has 0 radical (unpaired) electrons. The van der Waals surface area contributed by atoms with Gasteiger partial charge in [-0.15, -0.1) is 0 Å². The van der Waals surface area contributed by atoms with Gasteiger partial charge >= 0.3 is 5.69 Å². The second-order valence-electron chi connectivity index (χ2n) is 19.1. The van der Waals surface area contributed by atoms with E-state index in [2.05, 4.69) is 63.1 Å². The van der Waals surface area contributed by atoms with Crippen LogP contribution in [0.2, 0.25) is 5.02 Å². The Morgan fingerprint density at radius 2 is 1.62 bits per heavy atom. The Morgan fingerprint density at radius 3 is 2.34 bits per heavy atom. The highest BCUT2D eigenvalue weighted by Crippen LogP contribution is 2.42. The fourth-order valence-electron chi connectivity index (χ4n) is 10.6. The quantitative estimate of drug-likeness (QED) is 0.136. The van der Waals surface area contributed by atoms with Gasteiger partial charge in [0.05, 0.1) is 28.4 Å². The third-order valence-electron chi connectivity index (χ3n) is 14.8. The van der Waals surface area contributed by atoms with Gasteiger partial charge < -0.3 is 14.5 Å². The molecular formula is C50H58ClN9O4. The minimum Gasteiger partial charge on any atom is -0.487 e. The number of para-hydroxylation sites is 1. The molecule has 14 heteroatoms. The van der Waals surface area contributed by atoms with E-state index in [0.29, 0.717) is 34.9 Å². The number of nitrogens with one attached hydrogen (secondary N) is 1. The molecule has 64 heavy (non-hydrogen) atoms. The van der Waals surface area contributed by atoms with Gasteiger partial charge in [0.1, 0.15) is 18.4 Å². The van der Waals surface area contributed by atoms with E-state index in [0.717, 1.165) is 123 Å². The van der Waals surface area contributed by atoms with Crippen molar-refractivity contribution in [2.45, 2.75) is 89.8 Å². The van der Waals surface area contributed by atoms with Gasteiger partial charge in [-0.25, -0.2) is 14.8 Å². The van der Waals surface area contributed by atoms with Gasteiger partial charge in [-0.05, 0) is 142 Å². The summed E-state index contributed by atoms with van der Waals surface area (Å²) in [6.07, 6.45) is 9.53. The van der Waals surface area contributed by atoms with Crippen molar-refractivity contribution in [3.8, 4) is 11.8 Å². The second kappa shape index (κ2) is 18.1. The second-order valence-corrected chi connectivity index (χ2v) is 19.5. The number of imidazole rings is 1. The van der Waals surface area contributed by atoms with E-state index in [1.165, 1.54) is 12.8 Å². The molecule has 0 aliphatic carbocycles. The van der Waals surface area contributed by atoms with Crippen LogP contribution < -0.4 is 20.6 Å². The van der Waals surface area contributed by atoms with E-state index >= 15 is 0 Å². The Kier molecular flexibility index (Phi) is 12.4. The summed E-state index contributed by atoms with van der Waals surface area (Å²) in [6.45, 7) is 12.8. The molecule has 0 bridgehead atoms. The first-order valence-electron chi connectivity index (χ1n) is 22.9. The maximum atomic E-state index is 13.4. The van der Waals surface area contributed by atoms with Crippen LogP contribution in [-0.2, 0) is 35.2 Å². The molecule has 5 aromatic rings. The first-order valence-corrected chi connectivity index (χ1v) is 23.2. The van der Waals surface area contributed by atoms with Gasteiger partial charge in [-0.3, -0.25) is 28.9 Å². The van der Waals surface area contributed by atoms with Gasteiger partial charge in [0.2, 0.25) is 17.8 Å². The summed E-state index contributed by atoms with van der Waals surface area (Å²) in [7, 11) is 1.78. The Labute approximate surface area is 380 Å². The molecule has 1 spiro atoms. The van der Waals surface area contributed by atoms with Gasteiger partial charge in [0.15, 0.2) is 0 Å². The summed E-state index contributed by atoms with van der Waals surface area (Å²) < 4.78 is 9.42. The molecule has 1 N–H and O–H groups in total. The maximum Gasteiger partial charge on any atom is 0.329 e. The fraction of sp³-hybridized carbons (Fsp3) is 0.480. The predicted octanol–water partition coefficient (Wildman–Crippen LogP) is 7.13. The molecule has 2 amide bonds. The Bertz CT molecular complexity index is 2620. The molecule has 3 aromatic carbocycles. The molecule has 13 nitrogen and oxygen atoms in total. The lowest BCUT2D eigenvalue weighted by atomic mass is 9.71. The van der Waals surface area contributed by atoms with Crippen LogP contribution in [-0.4, -0.2) is 86.5 Å². The van der Waals surface area contributed by atoms with Crippen molar-refractivity contribution in [3.05, 3.63) is 116 Å². The standard InChI is InChI=1S/C50H58ClN9O4/c1-49(2,38-27-35(30-52)28-39(51)29-38)37-7-9-41(10-8-37)64-33-40-13-20-53-47(54-40)59-25-18-50(19-26-59)16-23-58(24-17-50)31-34-14-21-57(22-15-34)32-36-5-4-6-42-45(36)56(3)48(63)60(42)43-11-12-44(61)55-46(43)62/h4-10,13,20,27-29,34,43H,11-12,14-19,21-26,31-33H2,1-3H3,(H,55,61,62). The number of anilines is 1. The molecular weight excluding hydrogens is 826 g/mol. The molecule has 2 aromatic heterocycles. The minimum absolute atomic E-state index is 0.222. The molecule has 1 unspecified atom stereocenters. The first kappa shape index (κ1) is 43.7. The number of hydrogen-bond acceptors (Lipinski definition) is 10. The first-order chi connectivity index (χ1) is 30.9. The maximum absolute atomic E-state index is 13.4. The Balaban J connectivity index is 0.721. The van der Waals surface area contributed by atoms with E-state index in [1.807, 2.05) is 48.7 Å². The summed E-state index contributed by atoms with van der Waals surface area (Å²) in [5.74, 6) is 1.54. The SMILES string of the molecule is Cn1c(=O)n(C2CCC(=O)NC2=O)c2cccc(CN3CCC(CN4CCC5(CC4)CCN(c4nccc(COc6ccc(C(C)(C)c7cc(Cl)cc(C#N)c7)cc6)n4)CC5)CC3)c21. The molecule has 4 aliphatic heterocycles. The Morgan fingerprint density at radius 1 is 0.891 bits per heavy atom. The van der Waals surface area contributed by atoms with E-state index < -0.39 is 11.9 Å². The van der Waals surface area contributed by atoms with Crippen LogP contribution in [0.5, 0.6) is 5.75 Å². The van der Waals surface area contributed by atoms with Gasteiger partial charge in [-0.2, -0.15) is 5.26 Å². The highest BCUT2D eigenvalue weighted by atomic mass is 35.5. The van der Waals surface area contributed by atoms with Crippen LogP contribution in [0.1, 0.15) is 99.2 Å². The van der Waals surface area contributed by atoms with E-state index in [1.54, 1.807) is 22.2 Å². The number of hydrogen-bond donors (Lipinski definition) is 1. The number of halogens is 1. The van der Waals surface area contributed by atoms with Gasteiger partial charge in [0.25, 0.3) is 0 Å². The van der Waals surface area contributed by atoms with Crippen molar-refractivity contribution in [3.63, 3.8) is 0 Å². The zero-order valence-corrected chi connectivity index (χ0v) is 37.9. The molecule has 4 aliphatic rings. The van der Waals surface area contributed by atoms with Crippen LogP contribution in [0.25, 0.3) is 11.0 Å². The van der Waals surface area contributed by atoms with Crippen molar-refractivity contribution in [2.75, 3.05) is 50.7 Å². The van der Waals surface area contributed by atoms with E-state index in [-0.39, 0.29) is 23.4 Å². The summed E-state index contributed by atoms with van der Waals surface area (Å²) in [4.78, 5) is 55.1. The normalized spacial score (nSPS) is 20.1. The van der Waals surface area contributed by atoms with Crippen LogP contribution in [0, 0.1) is 22.7 Å². The number of benzene rings is 3. The topological polar surface area (TPSA) is 142 Å². The molecule has 4 fully saturated rings. The van der Waals surface area contributed by atoms with Crippen LogP contribution in [0.3, 0.4) is 0 Å². The number of rotatable bonds is 11. The third kappa shape index (κ3) is 9.05. The van der Waals surface area contributed by atoms with Crippen molar-refractivity contribution < 1.29 is 14.3 Å². The minimum atomic E-state index is -0.678. The summed E-state index contributed by atoms with van der Waals surface area (Å²) >= 11 is 6.32. The zero-order chi connectivity index (χ0) is 44.6. The number of amides is 2.